The number of benzene rings is 9. The van der Waals surface area contributed by atoms with Crippen LogP contribution in [0.15, 0.2) is 223 Å². The van der Waals surface area contributed by atoms with Crippen molar-refractivity contribution in [3.05, 3.63) is 241 Å². The first kappa shape index (κ1) is 35.4. The molecule has 0 fully saturated rings. The molecule has 1 aliphatic carbocycles. The zero-order chi connectivity index (χ0) is 41.5. The van der Waals surface area contributed by atoms with Crippen molar-refractivity contribution in [2.45, 2.75) is 5.41 Å². The fourth-order valence-electron chi connectivity index (χ4n) is 10.2. The first-order valence-electron chi connectivity index (χ1n) is 21.4. The molecule has 0 N–H and O–H groups in total. The van der Waals surface area contributed by atoms with Gasteiger partial charge in [0.2, 0.25) is 5.95 Å². The van der Waals surface area contributed by atoms with E-state index in [0.29, 0.717) is 17.6 Å². The molecule has 0 spiro atoms. The lowest BCUT2D eigenvalue weighted by molar-refractivity contribution is 0.669. The molecule has 0 atom stereocenters. The second-order valence-corrected chi connectivity index (χ2v) is 16.3. The maximum absolute atomic E-state index is 6.51. The number of hydrogen-bond acceptors (Lipinski definition) is 4. The summed E-state index contributed by atoms with van der Waals surface area (Å²) in [6.07, 6.45) is 0. The molecule has 0 unspecified atom stereocenters. The standard InChI is InChI=1S/C58H36N4O/c1-4-17-37(18-5-1)55-59-56(47-27-16-26-46-45-25-12-15-30-53(45)63-54(46)47)61-57(60-55)62-51-29-14-11-24-44(51)48-35-38(32-34-52(48)62)39-31-33-43-42-23-10-13-28-49(42)58(50(43)36-39,40-19-6-2-7-20-40)41-21-8-3-9-22-41/h1-36H. The summed E-state index contributed by atoms with van der Waals surface area (Å²) < 4.78 is 8.69. The van der Waals surface area contributed by atoms with Crippen molar-refractivity contribution in [1.82, 2.24) is 19.5 Å². The highest BCUT2D eigenvalue weighted by molar-refractivity contribution is 6.11. The van der Waals surface area contributed by atoms with Crippen LogP contribution in [-0.2, 0) is 5.41 Å². The highest BCUT2D eigenvalue weighted by atomic mass is 16.3. The van der Waals surface area contributed by atoms with Gasteiger partial charge in [0.05, 0.1) is 22.0 Å². The zero-order valence-corrected chi connectivity index (χ0v) is 34.0. The van der Waals surface area contributed by atoms with Crippen LogP contribution >= 0.6 is 0 Å². The first-order valence-corrected chi connectivity index (χ1v) is 21.4. The molecule has 13 rings (SSSR count). The van der Waals surface area contributed by atoms with Gasteiger partial charge in [-0.25, -0.2) is 4.98 Å². The second kappa shape index (κ2) is 13.8. The molecule has 9 aromatic carbocycles. The molecule has 1 aliphatic rings. The molecule has 0 bridgehead atoms. The minimum atomic E-state index is -0.482. The molecular weight excluding hydrogens is 769 g/mol. The Morgan fingerprint density at radius 2 is 0.952 bits per heavy atom. The smallest absolute Gasteiger partial charge is 0.238 e. The van der Waals surface area contributed by atoms with Gasteiger partial charge in [-0.1, -0.05) is 182 Å². The maximum atomic E-state index is 6.51. The Morgan fingerprint density at radius 3 is 1.76 bits per heavy atom. The van der Waals surface area contributed by atoms with E-state index in [9.17, 15) is 0 Å². The van der Waals surface area contributed by atoms with Gasteiger partial charge in [0.15, 0.2) is 11.6 Å². The third-order valence-electron chi connectivity index (χ3n) is 13.0. The Morgan fingerprint density at radius 1 is 0.365 bits per heavy atom. The average Bonchev–Trinajstić information content (AvgIpc) is 4.01. The molecule has 5 nitrogen and oxygen atoms in total. The van der Waals surface area contributed by atoms with Gasteiger partial charge in [-0.2, -0.15) is 9.97 Å². The molecule has 0 amide bonds. The number of nitrogens with zero attached hydrogens (tertiary/aromatic N) is 4. The van der Waals surface area contributed by atoms with Crippen molar-refractivity contribution in [3.8, 4) is 51.0 Å². The number of rotatable bonds is 6. The Hall–Kier alpha value is -8.41. The summed E-state index contributed by atoms with van der Waals surface area (Å²) in [5.41, 5.74) is 14.8. The lowest BCUT2D eigenvalue weighted by atomic mass is 9.67. The van der Waals surface area contributed by atoms with Crippen molar-refractivity contribution in [3.63, 3.8) is 0 Å². The normalized spacial score (nSPS) is 12.9. The summed E-state index contributed by atoms with van der Waals surface area (Å²) >= 11 is 0. The van der Waals surface area contributed by atoms with Crippen LogP contribution in [0.1, 0.15) is 22.3 Å². The molecule has 0 saturated heterocycles. The topological polar surface area (TPSA) is 56.7 Å². The largest absolute Gasteiger partial charge is 0.455 e. The van der Waals surface area contributed by atoms with E-state index < -0.39 is 5.41 Å². The van der Waals surface area contributed by atoms with Gasteiger partial charge < -0.3 is 4.42 Å². The predicted molar refractivity (Wildman–Crippen MR) is 255 cm³/mol. The van der Waals surface area contributed by atoms with E-state index in [-0.39, 0.29) is 0 Å². The van der Waals surface area contributed by atoms with Crippen LogP contribution in [0.25, 0.3) is 94.7 Å². The fraction of sp³-hybridized carbons (Fsp3) is 0.0172. The average molecular weight is 805 g/mol. The monoisotopic (exact) mass is 804 g/mol. The Labute approximate surface area is 363 Å². The SMILES string of the molecule is c1ccc(-c2nc(-c3cccc4c3oc3ccccc34)nc(-n3c4ccccc4c4cc(-c5ccc6c(c5)C(c5ccccc5)(c5ccccc5)c5ccccc5-6)ccc43)n2)cc1. The van der Waals surface area contributed by atoms with Crippen LogP contribution in [0, 0.1) is 0 Å². The summed E-state index contributed by atoms with van der Waals surface area (Å²) in [5.74, 6) is 1.67. The van der Waals surface area contributed by atoms with E-state index >= 15 is 0 Å². The summed E-state index contributed by atoms with van der Waals surface area (Å²) in [7, 11) is 0. The molecular formula is C58H36N4O. The minimum Gasteiger partial charge on any atom is -0.455 e. The molecule has 0 saturated carbocycles. The second-order valence-electron chi connectivity index (χ2n) is 16.3. The number of furan rings is 1. The Balaban J connectivity index is 1.02. The van der Waals surface area contributed by atoms with Gasteiger partial charge in [0.25, 0.3) is 0 Å². The molecule has 3 heterocycles. The molecule has 5 heteroatoms. The molecule has 0 aliphatic heterocycles. The van der Waals surface area contributed by atoms with E-state index in [4.69, 9.17) is 19.4 Å². The van der Waals surface area contributed by atoms with Gasteiger partial charge >= 0.3 is 0 Å². The molecule has 12 aromatic rings. The maximum Gasteiger partial charge on any atom is 0.238 e. The van der Waals surface area contributed by atoms with Crippen LogP contribution in [0.2, 0.25) is 0 Å². The number of para-hydroxylation sites is 3. The summed E-state index contributed by atoms with van der Waals surface area (Å²) in [6.45, 7) is 0. The number of hydrogen-bond donors (Lipinski definition) is 0. The lowest BCUT2D eigenvalue weighted by Crippen LogP contribution is -2.28. The van der Waals surface area contributed by atoms with Gasteiger partial charge in [-0.15, -0.1) is 0 Å². The number of fused-ring (bicyclic) bond motifs is 9. The minimum absolute atomic E-state index is 0.482. The van der Waals surface area contributed by atoms with E-state index in [0.717, 1.165) is 66.0 Å². The summed E-state index contributed by atoms with van der Waals surface area (Å²) in [4.78, 5) is 15.6. The van der Waals surface area contributed by atoms with E-state index in [1.807, 2.05) is 54.6 Å². The Bertz CT molecular complexity index is 3700. The van der Waals surface area contributed by atoms with Crippen LogP contribution in [0.5, 0.6) is 0 Å². The van der Waals surface area contributed by atoms with Crippen molar-refractivity contribution in [1.29, 1.82) is 0 Å². The van der Waals surface area contributed by atoms with Crippen molar-refractivity contribution >= 4 is 43.7 Å². The van der Waals surface area contributed by atoms with Crippen LogP contribution < -0.4 is 0 Å². The van der Waals surface area contributed by atoms with Crippen molar-refractivity contribution in [2.75, 3.05) is 0 Å². The van der Waals surface area contributed by atoms with E-state index in [2.05, 4.69) is 168 Å². The molecule has 63 heavy (non-hydrogen) atoms. The van der Waals surface area contributed by atoms with Gasteiger partial charge in [0.1, 0.15) is 11.2 Å². The number of aromatic nitrogens is 4. The van der Waals surface area contributed by atoms with Crippen LogP contribution in [0.4, 0.5) is 0 Å². The summed E-state index contributed by atoms with van der Waals surface area (Å²) in [6, 6.07) is 77.7. The van der Waals surface area contributed by atoms with E-state index in [1.165, 1.54) is 33.4 Å². The third-order valence-corrected chi connectivity index (χ3v) is 13.0. The summed E-state index contributed by atoms with van der Waals surface area (Å²) in [5, 5.41) is 4.32. The Kier molecular flexibility index (Phi) is 7.75. The van der Waals surface area contributed by atoms with Gasteiger partial charge in [0, 0.05) is 27.1 Å². The van der Waals surface area contributed by atoms with Gasteiger partial charge in [-0.05, 0) is 80.9 Å². The lowest BCUT2D eigenvalue weighted by Gasteiger charge is -2.34. The molecule has 3 aromatic heterocycles. The van der Waals surface area contributed by atoms with Crippen LogP contribution in [0.3, 0.4) is 0 Å². The quantitative estimate of drug-likeness (QED) is 0.168. The van der Waals surface area contributed by atoms with Crippen molar-refractivity contribution < 1.29 is 4.42 Å². The highest BCUT2D eigenvalue weighted by Crippen LogP contribution is 2.56. The fourth-order valence-corrected chi connectivity index (χ4v) is 10.2. The molecule has 294 valence electrons. The van der Waals surface area contributed by atoms with E-state index in [1.54, 1.807) is 0 Å². The predicted octanol–water partition coefficient (Wildman–Crippen LogP) is 14.2. The molecule has 0 radical (unpaired) electrons. The first-order chi connectivity index (χ1) is 31.2. The van der Waals surface area contributed by atoms with Crippen LogP contribution in [-0.4, -0.2) is 19.5 Å². The zero-order valence-electron chi connectivity index (χ0n) is 34.0. The van der Waals surface area contributed by atoms with Gasteiger partial charge in [-0.3, -0.25) is 4.57 Å². The van der Waals surface area contributed by atoms with Crippen molar-refractivity contribution in [2.24, 2.45) is 0 Å². The highest BCUT2D eigenvalue weighted by Gasteiger charge is 2.46. The third kappa shape index (κ3) is 5.27.